The maximum absolute atomic E-state index is 6.83. The number of hydrogen-bond acceptors (Lipinski definition) is 2. The Kier molecular flexibility index (Phi) is 3.91. The average molecular weight is 261 g/mol. The van der Waals surface area contributed by atoms with E-state index < -0.39 is 0 Å². The van der Waals surface area contributed by atoms with Gasteiger partial charge in [0.05, 0.1) is 7.11 Å². The minimum absolute atomic E-state index is 0.249. The Balaban J connectivity index is 2.53. The minimum atomic E-state index is -0.249. The maximum atomic E-state index is 6.83. The molecule has 2 nitrogen and oxygen atoms in total. The van der Waals surface area contributed by atoms with Crippen molar-refractivity contribution in [2.24, 2.45) is 17.6 Å². The highest BCUT2D eigenvalue weighted by Crippen LogP contribution is 2.46. The predicted molar refractivity (Wildman–Crippen MR) is 80.5 cm³/mol. The molecule has 106 valence electrons. The molecule has 3 atom stereocenters. The Morgan fingerprint density at radius 3 is 2.53 bits per heavy atom. The number of methoxy groups -OCH3 is 1. The normalized spacial score (nSPS) is 31.3. The third-order valence-corrected chi connectivity index (χ3v) is 5.04. The van der Waals surface area contributed by atoms with E-state index in [4.69, 9.17) is 10.5 Å². The van der Waals surface area contributed by atoms with E-state index in [-0.39, 0.29) is 5.54 Å². The van der Waals surface area contributed by atoms with E-state index in [2.05, 4.69) is 39.8 Å². The fourth-order valence-electron chi connectivity index (χ4n) is 3.47. The summed E-state index contributed by atoms with van der Waals surface area (Å²) in [4.78, 5) is 0. The van der Waals surface area contributed by atoms with Crippen molar-refractivity contribution in [3.63, 3.8) is 0 Å². The number of aryl methyl sites for hydroxylation is 1. The number of hydrogen-bond donors (Lipinski definition) is 1. The van der Waals surface area contributed by atoms with Crippen molar-refractivity contribution in [3.05, 3.63) is 28.8 Å². The topological polar surface area (TPSA) is 35.2 Å². The Morgan fingerprint density at radius 2 is 1.89 bits per heavy atom. The molecule has 0 spiro atoms. The van der Waals surface area contributed by atoms with Crippen molar-refractivity contribution >= 4 is 0 Å². The SMILES string of the molecule is COc1c(C2(N)CC(C)CCC2C)ccc(C)c1C. The smallest absolute Gasteiger partial charge is 0.127 e. The van der Waals surface area contributed by atoms with E-state index in [1.165, 1.54) is 29.5 Å². The highest BCUT2D eigenvalue weighted by Gasteiger charge is 2.40. The lowest BCUT2D eigenvalue weighted by Gasteiger charge is -2.43. The first-order valence-corrected chi connectivity index (χ1v) is 7.33. The molecule has 1 aliphatic rings. The van der Waals surface area contributed by atoms with E-state index in [0.717, 1.165) is 12.2 Å². The van der Waals surface area contributed by atoms with Gasteiger partial charge in [-0.1, -0.05) is 32.4 Å². The fraction of sp³-hybridized carbons (Fsp3) is 0.647. The van der Waals surface area contributed by atoms with Gasteiger partial charge < -0.3 is 10.5 Å². The van der Waals surface area contributed by atoms with Crippen LogP contribution in [0.1, 0.15) is 49.8 Å². The third kappa shape index (κ3) is 2.38. The summed E-state index contributed by atoms with van der Waals surface area (Å²) in [6, 6.07) is 4.35. The van der Waals surface area contributed by atoms with Crippen LogP contribution in [-0.4, -0.2) is 7.11 Å². The van der Waals surface area contributed by atoms with Crippen molar-refractivity contribution in [1.82, 2.24) is 0 Å². The Bertz CT molecular complexity index is 469. The van der Waals surface area contributed by atoms with Gasteiger partial charge in [0.25, 0.3) is 0 Å². The summed E-state index contributed by atoms with van der Waals surface area (Å²) in [5.74, 6) is 2.18. The Labute approximate surface area is 117 Å². The average Bonchev–Trinajstić information content (AvgIpc) is 2.37. The molecular formula is C17H27NO. The van der Waals surface area contributed by atoms with E-state index in [1.807, 2.05) is 0 Å². The van der Waals surface area contributed by atoms with Crippen LogP contribution >= 0.6 is 0 Å². The van der Waals surface area contributed by atoms with Gasteiger partial charge in [0.1, 0.15) is 5.75 Å². The van der Waals surface area contributed by atoms with E-state index in [1.54, 1.807) is 7.11 Å². The van der Waals surface area contributed by atoms with Crippen LogP contribution in [0.15, 0.2) is 12.1 Å². The first kappa shape index (κ1) is 14.4. The summed E-state index contributed by atoms with van der Waals surface area (Å²) >= 11 is 0. The van der Waals surface area contributed by atoms with Crippen molar-refractivity contribution in [1.29, 1.82) is 0 Å². The maximum Gasteiger partial charge on any atom is 0.127 e. The molecule has 0 heterocycles. The van der Waals surface area contributed by atoms with Gasteiger partial charge in [0, 0.05) is 11.1 Å². The quantitative estimate of drug-likeness (QED) is 0.875. The van der Waals surface area contributed by atoms with Crippen LogP contribution in [0.4, 0.5) is 0 Å². The molecule has 1 aromatic carbocycles. The summed E-state index contributed by atoms with van der Waals surface area (Å²) in [6.45, 7) is 8.83. The molecule has 0 aliphatic heterocycles. The number of ether oxygens (including phenoxy) is 1. The highest BCUT2D eigenvalue weighted by atomic mass is 16.5. The van der Waals surface area contributed by atoms with Gasteiger partial charge in [-0.25, -0.2) is 0 Å². The molecule has 0 amide bonds. The number of nitrogens with two attached hydrogens (primary N) is 1. The largest absolute Gasteiger partial charge is 0.496 e. The van der Waals surface area contributed by atoms with Crippen molar-refractivity contribution in [2.45, 2.75) is 52.5 Å². The second kappa shape index (κ2) is 5.16. The second-order valence-corrected chi connectivity index (χ2v) is 6.42. The van der Waals surface area contributed by atoms with Crippen molar-refractivity contribution in [3.8, 4) is 5.75 Å². The van der Waals surface area contributed by atoms with Crippen molar-refractivity contribution < 1.29 is 4.74 Å². The zero-order chi connectivity index (χ0) is 14.2. The van der Waals surface area contributed by atoms with Crippen LogP contribution in [0.25, 0.3) is 0 Å². The summed E-state index contributed by atoms with van der Waals surface area (Å²) in [7, 11) is 1.76. The zero-order valence-electron chi connectivity index (χ0n) is 12.9. The molecule has 1 saturated carbocycles. The van der Waals surface area contributed by atoms with Gasteiger partial charge in [-0.05, 0) is 49.7 Å². The summed E-state index contributed by atoms with van der Waals surface area (Å²) < 4.78 is 5.68. The number of benzene rings is 1. The monoisotopic (exact) mass is 261 g/mol. The molecule has 0 aromatic heterocycles. The summed E-state index contributed by atoms with van der Waals surface area (Å²) in [5.41, 5.74) is 10.3. The van der Waals surface area contributed by atoms with E-state index >= 15 is 0 Å². The molecule has 0 saturated heterocycles. The van der Waals surface area contributed by atoms with Gasteiger partial charge in [0.15, 0.2) is 0 Å². The molecule has 0 radical (unpaired) electrons. The lowest BCUT2D eigenvalue weighted by atomic mass is 9.66. The molecular weight excluding hydrogens is 234 g/mol. The van der Waals surface area contributed by atoms with Crippen LogP contribution in [0, 0.1) is 25.7 Å². The molecule has 3 unspecified atom stereocenters. The summed E-state index contributed by atoms with van der Waals surface area (Å²) in [5, 5.41) is 0. The molecule has 2 rings (SSSR count). The van der Waals surface area contributed by atoms with Gasteiger partial charge >= 0.3 is 0 Å². The van der Waals surface area contributed by atoms with Crippen LogP contribution in [-0.2, 0) is 5.54 Å². The van der Waals surface area contributed by atoms with Gasteiger partial charge in [-0.2, -0.15) is 0 Å². The molecule has 2 N–H and O–H groups in total. The first-order chi connectivity index (χ1) is 8.90. The standard InChI is InChI=1S/C17H27NO/c1-11-6-8-13(3)17(18,10-11)15-9-7-12(2)14(4)16(15)19-5/h7,9,11,13H,6,8,10,18H2,1-5H3. The van der Waals surface area contributed by atoms with Crippen LogP contribution in [0.2, 0.25) is 0 Å². The van der Waals surface area contributed by atoms with Gasteiger partial charge in [0.2, 0.25) is 0 Å². The van der Waals surface area contributed by atoms with E-state index in [9.17, 15) is 0 Å². The minimum Gasteiger partial charge on any atom is -0.496 e. The lowest BCUT2D eigenvalue weighted by Crippen LogP contribution is -2.47. The molecule has 2 heteroatoms. The molecule has 1 aromatic rings. The Hall–Kier alpha value is -1.02. The van der Waals surface area contributed by atoms with Gasteiger partial charge in [-0.3, -0.25) is 0 Å². The Morgan fingerprint density at radius 1 is 1.21 bits per heavy atom. The van der Waals surface area contributed by atoms with Crippen molar-refractivity contribution in [2.75, 3.05) is 7.11 Å². The lowest BCUT2D eigenvalue weighted by molar-refractivity contribution is 0.158. The molecule has 1 aliphatic carbocycles. The molecule has 0 bridgehead atoms. The molecule has 19 heavy (non-hydrogen) atoms. The van der Waals surface area contributed by atoms with Crippen LogP contribution < -0.4 is 10.5 Å². The third-order valence-electron chi connectivity index (χ3n) is 5.04. The van der Waals surface area contributed by atoms with Crippen LogP contribution in [0.3, 0.4) is 0 Å². The predicted octanol–water partition coefficient (Wildman–Crippen LogP) is 3.92. The fourth-order valence-corrected chi connectivity index (χ4v) is 3.47. The van der Waals surface area contributed by atoms with E-state index in [0.29, 0.717) is 11.8 Å². The first-order valence-electron chi connectivity index (χ1n) is 7.33. The second-order valence-electron chi connectivity index (χ2n) is 6.42. The summed E-state index contributed by atoms with van der Waals surface area (Å²) in [6.07, 6.45) is 3.54. The highest BCUT2D eigenvalue weighted by molar-refractivity contribution is 5.49. The zero-order valence-corrected chi connectivity index (χ0v) is 12.9. The molecule has 1 fully saturated rings. The number of rotatable bonds is 2. The van der Waals surface area contributed by atoms with Gasteiger partial charge in [-0.15, -0.1) is 0 Å². The van der Waals surface area contributed by atoms with Crippen LogP contribution in [0.5, 0.6) is 5.75 Å².